The lowest BCUT2D eigenvalue weighted by molar-refractivity contribution is -0.119. The number of para-hydroxylation sites is 1. The highest BCUT2D eigenvalue weighted by atomic mass is 32.2. The van der Waals surface area contributed by atoms with Crippen molar-refractivity contribution < 1.29 is 27.5 Å². The maximum absolute atomic E-state index is 12.8. The molecule has 0 fully saturated rings. The number of anilines is 1. The Morgan fingerprint density at radius 1 is 0.818 bits per heavy atom. The van der Waals surface area contributed by atoms with Crippen LogP contribution in [0, 0.1) is 0 Å². The number of nitrogens with one attached hydrogen (secondary N) is 1. The molecule has 3 aromatic rings. The number of hydrogen-bond acceptors (Lipinski definition) is 6. The van der Waals surface area contributed by atoms with Crippen molar-refractivity contribution in [2.24, 2.45) is 0 Å². The molecule has 0 aliphatic carbocycles. The summed E-state index contributed by atoms with van der Waals surface area (Å²) in [5.41, 5.74) is 1.18. The van der Waals surface area contributed by atoms with Crippen LogP contribution in [-0.2, 0) is 19.6 Å². The number of amides is 1. The Balaban J connectivity index is 1.63. The zero-order chi connectivity index (χ0) is 24.0. The van der Waals surface area contributed by atoms with Crippen LogP contribution in [-0.4, -0.2) is 51.1 Å². The van der Waals surface area contributed by atoms with Crippen LogP contribution in [0.5, 0.6) is 0 Å². The second-order valence-electron chi connectivity index (χ2n) is 7.18. The molecule has 33 heavy (non-hydrogen) atoms. The molecule has 0 aliphatic heterocycles. The maximum atomic E-state index is 12.8. The van der Waals surface area contributed by atoms with Crippen molar-refractivity contribution in [2.75, 3.05) is 26.0 Å². The van der Waals surface area contributed by atoms with E-state index < -0.39 is 28.5 Å². The SMILES string of the molecule is CN(C)S(=O)(=O)c1ccc(C(=O)OCC(=O)Nc2ccccc2C(=O)c2ccccc2)cc1. The van der Waals surface area contributed by atoms with Crippen LogP contribution in [0.3, 0.4) is 0 Å². The molecule has 0 aliphatic rings. The van der Waals surface area contributed by atoms with E-state index in [1.165, 1.54) is 38.4 Å². The van der Waals surface area contributed by atoms with Crippen LogP contribution >= 0.6 is 0 Å². The van der Waals surface area contributed by atoms with Gasteiger partial charge in [-0.1, -0.05) is 42.5 Å². The van der Waals surface area contributed by atoms with Crippen molar-refractivity contribution in [3.8, 4) is 0 Å². The normalized spacial score (nSPS) is 11.1. The van der Waals surface area contributed by atoms with Crippen LogP contribution in [0.15, 0.2) is 83.8 Å². The summed E-state index contributed by atoms with van der Waals surface area (Å²) in [6, 6.07) is 20.4. The fraction of sp³-hybridized carbons (Fsp3) is 0.125. The zero-order valence-corrected chi connectivity index (χ0v) is 18.8. The minimum Gasteiger partial charge on any atom is -0.452 e. The van der Waals surface area contributed by atoms with Crippen molar-refractivity contribution in [3.05, 3.63) is 95.6 Å². The molecule has 0 spiro atoms. The van der Waals surface area contributed by atoms with Gasteiger partial charge < -0.3 is 10.1 Å². The third-order valence-corrected chi connectivity index (χ3v) is 6.51. The fourth-order valence-electron chi connectivity index (χ4n) is 2.91. The van der Waals surface area contributed by atoms with Gasteiger partial charge in [-0.3, -0.25) is 9.59 Å². The van der Waals surface area contributed by atoms with Crippen molar-refractivity contribution in [1.29, 1.82) is 0 Å². The lowest BCUT2D eigenvalue weighted by atomic mass is 10.0. The maximum Gasteiger partial charge on any atom is 0.338 e. The van der Waals surface area contributed by atoms with Gasteiger partial charge in [0.2, 0.25) is 10.0 Å². The lowest BCUT2D eigenvalue weighted by Crippen LogP contribution is -2.23. The Kier molecular flexibility index (Phi) is 7.37. The highest BCUT2D eigenvalue weighted by Gasteiger charge is 2.19. The Bertz CT molecular complexity index is 1270. The summed E-state index contributed by atoms with van der Waals surface area (Å²) >= 11 is 0. The van der Waals surface area contributed by atoms with E-state index in [1.807, 2.05) is 0 Å². The van der Waals surface area contributed by atoms with E-state index in [0.717, 1.165) is 4.31 Å². The number of carbonyl (C=O) groups excluding carboxylic acids is 3. The molecule has 3 rings (SSSR count). The van der Waals surface area contributed by atoms with Gasteiger partial charge in [0.25, 0.3) is 5.91 Å². The van der Waals surface area contributed by atoms with Gasteiger partial charge in [-0.2, -0.15) is 0 Å². The van der Waals surface area contributed by atoms with E-state index in [0.29, 0.717) is 16.8 Å². The van der Waals surface area contributed by atoms with Gasteiger partial charge in [0.05, 0.1) is 16.1 Å². The molecule has 0 aromatic heterocycles. The topological polar surface area (TPSA) is 110 Å². The highest BCUT2D eigenvalue weighted by molar-refractivity contribution is 7.89. The molecule has 0 saturated heterocycles. The predicted octanol–water partition coefficient (Wildman–Crippen LogP) is 2.96. The number of carbonyl (C=O) groups is 3. The molecular formula is C24H22N2O6S. The minimum atomic E-state index is -3.62. The standard InChI is InChI=1S/C24H22N2O6S/c1-26(2)33(30,31)19-14-12-18(13-15-19)24(29)32-16-22(27)25-21-11-7-6-10-20(21)23(28)17-8-4-3-5-9-17/h3-15H,16H2,1-2H3,(H,25,27). The molecule has 0 heterocycles. The van der Waals surface area contributed by atoms with Crippen molar-refractivity contribution >= 4 is 33.4 Å². The van der Waals surface area contributed by atoms with Crippen molar-refractivity contribution in [2.45, 2.75) is 4.90 Å². The average molecular weight is 467 g/mol. The fourth-order valence-corrected chi connectivity index (χ4v) is 3.81. The lowest BCUT2D eigenvalue weighted by Gasteiger charge is -2.12. The largest absolute Gasteiger partial charge is 0.452 e. The molecular weight excluding hydrogens is 444 g/mol. The molecule has 0 atom stereocenters. The number of benzene rings is 3. The Morgan fingerprint density at radius 2 is 1.42 bits per heavy atom. The van der Waals surface area contributed by atoms with Crippen LogP contribution in [0.4, 0.5) is 5.69 Å². The molecule has 3 aromatic carbocycles. The minimum absolute atomic E-state index is 0.0292. The first-order valence-electron chi connectivity index (χ1n) is 9.88. The Labute approximate surface area is 191 Å². The van der Waals surface area contributed by atoms with Crippen LogP contribution < -0.4 is 5.32 Å². The average Bonchev–Trinajstić information content (AvgIpc) is 2.83. The van der Waals surface area contributed by atoms with E-state index in [4.69, 9.17) is 4.74 Å². The molecule has 0 bridgehead atoms. The number of nitrogens with zero attached hydrogens (tertiary/aromatic N) is 1. The summed E-state index contributed by atoms with van der Waals surface area (Å²) in [5.74, 6) is -1.66. The first-order valence-corrected chi connectivity index (χ1v) is 11.3. The van der Waals surface area contributed by atoms with Gasteiger partial charge in [0.1, 0.15) is 0 Å². The molecule has 8 nitrogen and oxygen atoms in total. The monoisotopic (exact) mass is 466 g/mol. The molecule has 9 heteroatoms. The van der Waals surface area contributed by atoms with Crippen molar-refractivity contribution in [1.82, 2.24) is 4.31 Å². The number of ether oxygens (including phenoxy) is 1. The summed E-state index contributed by atoms with van der Waals surface area (Å²) < 4.78 is 30.3. The Hall–Kier alpha value is -3.82. The quantitative estimate of drug-likeness (QED) is 0.404. The van der Waals surface area contributed by atoms with Crippen LogP contribution in [0.2, 0.25) is 0 Å². The van der Waals surface area contributed by atoms with Gasteiger partial charge in [0.15, 0.2) is 12.4 Å². The highest BCUT2D eigenvalue weighted by Crippen LogP contribution is 2.19. The van der Waals surface area contributed by atoms with E-state index in [-0.39, 0.29) is 16.2 Å². The molecule has 1 N–H and O–H groups in total. The van der Waals surface area contributed by atoms with E-state index in [1.54, 1.807) is 54.6 Å². The Morgan fingerprint density at radius 3 is 2.06 bits per heavy atom. The number of hydrogen-bond donors (Lipinski definition) is 1. The summed E-state index contributed by atoms with van der Waals surface area (Å²) in [5, 5.41) is 2.59. The van der Waals surface area contributed by atoms with Crippen molar-refractivity contribution in [3.63, 3.8) is 0 Å². The third-order valence-electron chi connectivity index (χ3n) is 4.68. The summed E-state index contributed by atoms with van der Waals surface area (Å²) in [6.07, 6.45) is 0. The number of rotatable bonds is 8. The van der Waals surface area contributed by atoms with Gasteiger partial charge in [-0.15, -0.1) is 0 Å². The number of ketones is 1. The second kappa shape index (κ2) is 10.2. The first kappa shape index (κ1) is 23.8. The van der Waals surface area contributed by atoms with Crippen LogP contribution in [0.1, 0.15) is 26.3 Å². The van der Waals surface area contributed by atoms with E-state index >= 15 is 0 Å². The molecule has 0 saturated carbocycles. The summed E-state index contributed by atoms with van der Waals surface area (Å²) in [7, 11) is -0.812. The first-order chi connectivity index (χ1) is 15.7. The molecule has 0 radical (unpaired) electrons. The smallest absolute Gasteiger partial charge is 0.338 e. The van der Waals surface area contributed by atoms with Crippen LogP contribution in [0.25, 0.3) is 0 Å². The van der Waals surface area contributed by atoms with Gasteiger partial charge >= 0.3 is 5.97 Å². The predicted molar refractivity (Wildman–Crippen MR) is 123 cm³/mol. The summed E-state index contributed by atoms with van der Waals surface area (Å²) in [6.45, 7) is -0.579. The number of sulfonamides is 1. The number of esters is 1. The van der Waals surface area contributed by atoms with E-state index in [2.05, 4.69) is 5.32 Å². The van der Waals surface area contributed by atoms with Gasteiger partial charge in [-0.25, -0.2) is 17.5 Å². The third kappa shape index (κ3) is 5.71. The molecule has 170 valence electrons. The van der Waals surface area contributed by atoms with Gasteiger partial charge in [0, 0.05) is 25.2 Å². The second-order valence-corrected chi connectivity index (χ2v) is 9.33. The van der Waals surface area contributed by atoms with E-state index in [9.17, 15) is 22.8 Å². The zero-order valence-electron chi connectivity index (χ0n) is 18.0. The summed E-state index contributed by atoms with van der Waals surface area (Å²) in [4.78, 5) is 37.4. The molecule has 0 unspecified atom stereocenters. The van der Waals surface area contributed by atoms with Gasteiger partial charge in [-0.05, 0) is 36.4 Å². The molecule has 1 amide bonds.